The van der Waals surface area contributed by atoms with Crippen LogP contribution in [0.5, 0.6) is 0 Å². The Balaban J connectivity index is 0.00000144. The molecule has 3 heteroatoms. The Morgan fingerprint density at radius 1 is 0.625 bits per heavy atom. The van der Waals surface area contributed by atoms with E-state index in [1.54, 1.807) is 0 Å². The zero-order chi connectivity index (χ0) is 15.3. The molecule has 0 aromatic heterocycles. The molecule has 122 valence electrons. The molecule has 0 saturated heterocycles. The van der Waals surface area contributed by atoms with Gasteiger partial charge in [-0.3, -0.25) is 0 Å². The predicted octanol–water partition coefficient (Wildman–Crippen LogP) is 4.30. The van der Waals surface area contributed by atoms with E-state index in [1.807, 2.05) is 0 Å². The molecule has 0 aliphatic rings. The van der Waals surface area contributed by atoms with Gasteiger partial charge in [-0.25, -0.2) is 0 Å². The Hall–Kier alpha value is -1.52. The first-order valence-corrected chi connectivity index (χ1v) is 9.34. The molecule has 0 fully saturated rings. The van der Waals surface area contributed by atoms with E-state index in [4.69, 9.17) is 6.42 Å². The van der Waals surface area contributed by atoms with Crippen LogP contribution in [-0.4, -0.2) is 6.16 Å². The van der Waals surface area contributed by atoms with Crippen molar-refractivity contribution in [2.45, 2.75) is 0 Å². The van der Waals surface area contributed by atoms with Gasteiger partial charge in [0.25, 0.3) is 0 Å². The van der Waals surface area contributed by atoms with E-state index < -0.39 is 7.26 Å². The van der Waals surface area contributed by atoms with Crippen LogP contribution < -0.4 is 15.9 Å². The largest absolute Gasteiger partial charge is 0.197 e. The number of halogens is 1. The standard InChI is InChI=1S/C21H18P.BrH.H2S/c1-2-18-22(19-12-6-3-7-13-19,20-14-8-4-9-15-20)21-16-10-5-11-17-21;;/h1,3-17H,18H2;1H;1H2/q+1;;. The quantitative estimate of drug-likeness (QED) is 0.440. The van der Waals surface area contributed by atoms with Crippen molar-refractivity contribution in [2.75, 3.05) is 6.16 Å². The van der Waals surface area contributed by atoms with Gasteiger partial charge in [0.1, 0.15) is 29.3 Å². The van der Waals surface area contributed by atoms with Gasteiger partial charge in [-0.15, -0.1) is 23.4 Å². The fraction of sp³-hybridized carbons (Fsp3) is 0.0476. The molecule has 0 heterocycles. The van der Waals surface area contributed by atoms with Crippen molar-refractivity contribution in [3.63, 3.8) is 0 Å². The summed E-state index contributed by atoms with van der Waals surface area (Å²) in [5.74, 6) is 2.95. The van der Waals surface area contributed by atoms with Gasteiger partial charge < -0.3 is 0 Å². The summed E-state index contributed by atoms with van der Waals surface area (Å²) in [6.07, 6.45) is 6.55. The molecule has 0 unspecified atom stereocenters. The average Bonchev–Trinajstić information content (AvgIpc) is 2.62. The first-order valence-electron chi connectivity index (χ1n) is 7.36. The van der Waals surface area contributed by atoms with Crippen LogP contribution in [0.25, 0.3) is 0 Å². The lowest BCUT2D eigenvalue weighted by atomic mass is 10.4. The molecule has 0 amide bonds. The smallest absolute Gasteiger partial charge is 0.133 e. The Labute approximate surface area is 162 Å². The molecule has 0 spiro atoms. The van der Waals surface area contributed by atoms with Crippen molar-refractivity contribution in [1.29, 1.82) is 0 Å². The molecule has 0 radical (unpaired) electrons. The molecular formula is C21H21BrPS+. The summed E-state index contributed by atoms with van der Waals surface area (Å²) in [4.78, 5) is 0. The number of hydrogen-bond acceptors (Lipinski definition) is 0. The lowest BCUT2D eigenvalue weighted by molar-refractivity contribution is 1.69. The minimum absolute atomic E-state index is 0. The van der Waals surface area contributed by atoms with Crippen LogP contribution >= 0.6 is 37.7 Å². The van der Waals surface area contributed by atoms with Gasteiger partial charge in [0.05, 0.1) is 0 Å². The molecular weight excluding hydrogens is 395 g/mol. The van der Waals surface area contributed by atoms with Gasteiger partial charge >= 0.3 is 0 Å². The minimum Gasteiger partial charge on any atom is -0.197 e. The number of terminal acetylenes is 1. The maximum absolute atomic E-state index is 5.80. The highest BCUT2D eigenvalue weighted by molar-refractivity contribution is 8.93. The van der Waals surface area contributed by atoms with E-state index in [0.717, 1.165) is 6.16 Å². The third kappa shape index (κ3) is 3.93. The van der Waals surface area contributed by atoms with Crippen molar-refractivity contribution in [3.05, 3.63) is 91.0 Å². The molecule has 0 aliphatic carbocycles. The van der Waals surface area contributed by atoms with Crippen molar-refractivity contribution in [1.82, 2.24) is 0 Å². The fourth-order valence-corrected chi connectivity index (χ4v) is 6.66. The predicted molar refractivity (Wildman–Crippen MR) is 120 cm³/mol. The summed E-state index contributed by atoms with van der Waals surface area (Å²) in [5.41, 5.74) is 0. The summed E-state index contributed by atoms with van der Waals surface area (Å²) >= 11 is 0. The molecule has 0 saturated carbocycles. The summed E-state index contributed by atoms with van der Waals surface area (Å²) in [7, 11) is -1.79. The monoisotopic (exact) mass is 415 g/mol. The van der Waals surface area contributed by atoms with Crippen LogP contribution in [-0.2, 0) is 0 Å². The van der Waals surface area contributed by atoms with Crippen LogP contribution in [0.4, 0.5) is 0 Å². The van der Waals surface area contributed by atoms with E-state index in [2.05, 4.69) is 96.9 Å². The Morgan fingerprint density at radius 2 is 0.917 bits per heavy atom. The van der Waals surface area contributed by atoms with E-state index >= 15 is 0 Å². The summed E-state index contributed by atoms with van der Waals surface area (Å²) in [6, 6.07) is 32.1. The maximum atomic E-state index is 5.80. The summed E-state index contributed by atoms with van der Waals surface area (Å²) < 4.78 is 0. The van der Waals surface area contributed by atoms with Gasteiger partial charge in [-0.05, 0) is 36.4 Å². The zero-order valence-corrected chi connectivity index (χ0v) is 16.9. The lowest BCUT2D eigenvalue weighted by Crippen LogP contribution is -2.32. The number of hydrogen-bond donors (Lipinski definition) is 0. The second kappa shape index (κ2) is 9.70. The highest BCUT2D eigenvalue weighted by Gasteiger charge is 2.44. The molecule has 3 aromatic carbocycles. The van der Waals surface area contributed by atoms with Gasteiger partial charge in [0.15, 0.2) is 0 Å². The second-order valence-electron chi connectivity index (χ2n) is 5.18. The van der Waals surface area contributed by atoms with Crippen LogP contribution in [0, 0.1) is 12.3 Å². The van der Waals surface area contributed by atoms with Gasteiger partial charge in [-0.1, -0.05) is 60.5 Å². The van der Waals surface area contributed by atoms with Crippen molar-refractivity contribution in [3.8, 4) is 12.3 Å². The van der Waals surface area contributed by atoms with Gasteiger partial charge in [0, 0.05) is 0 Å². The fourth-order valence-electron chi connectivity index (χ4n) is 2.91. The molecule has 24 heavy (non-hydrogen) atoms. The third-order valence-corrected chi connectivity index (χ3v) is 8.12. The number of benzene rings is 3. The third-order valence-electron chi connectivity index (χ3n) is 3.92. The van der Waals surface area contributed by atoms with Crippen LogP contribution in [0.1, 0.15) is 0 Å². The van der Waals surface area contributed by atoms with E-state index in [0.29, 0.717) is 0 Å². The molecule has 0 N–H and O–H groups in total. The Morgan fingerprint density at radius 3 is 1.17 bits per heavy atom. The van der Waals surface area contributed by atoms with E-state index in [-0.39, 0.29) is 30.5 Å². The van der Waals surface area contributed by atoms with Crippen molar-refractivity contribution >= 4 is 53.7 Å². The average molecular weight is 416 g/mol. The molecule has 0 aliphatic heterocycles. The van der Waals surface area contributed by atoms with Crippen LogP contribution in [0.3, 0.4) is 0 Å². The first kappa shape index (κ1) is 20.5. The Kier molecular flexibility index (Phi) is 8.29. The van der Waals surface area contributed by atoms with E-state index in [9.17, 15) is 0 Å². The molecule has 0 bridgehead atoms. The van der Waals surface area contributed by atoms with Crippen molar-refractivity contribution < 1.29 is 0 Å². The highest BCUT2D eigenvalue weighted by atomic mass is 79.9. The molecule has 0 atom stereocenters. The number of rotatable bonds is 4. The van der Waals surface area contributed by atoms with Gasteiger partial charge in [-0.2, -0.15) is 13.5 Å². The molecule has 3 rings (SSSR count). The topological polar surface area (TPSA) is 0 Å². The Bertz CT molecular complexity index is 671. The van der Waals surface area contributed by atoms with Crippen molar-refractivity contribution in [2.24, 2.45) is 0 Å². The summed E-state index contributed by atoms with van der Waals surface area (Å²) in [5, 5.41) is 4.01. The van der Waals surface area contributed by atoms with Crippen LogP contribution in [0.15, 0.2) is 91.0 Å². The molecule has 3 aromatic rings. The first-order chi connectivity index (χ1) is 10.9. The minimum atomic E-state index is -1.79. The zero-order valence-electron chi connectivity index (χ0n) is 13.3. The maximum Gasteiger partial charge on any atom is 0.133 e. The van der Waals surface area contributed by atoms with Crippen LogP contribution in [0.2, 0.25) is 0 Å². The summed E-state index contributed by atoms with van der Waals surface area (Å²) in [6.45, 7) is 0. The lowest BCUT2D eigenvalue weighted by Gasteiger charge is -2.25. The molecule has 0 nitrogen and oxygen atoms in total. The SMILES string of the molecule is Br.C#CC[P+](c1ccccc1)(c1ccccc1)c1ccccc1.S. The highest BCUT2D eigenvalue weighted by Crippen LogP contribution is 2.54. The van der Waals surface area contributed by atoms with Gasteiger partial charge in [0.2, 0.25) is 0 Å². The normalized spacial score (nSPS) is 9.96. The second-order valence-corrected chi connectivity index (χ2v) is 8.66. The van der Waals surface area contributed by atoms with E-state index in [1.165, 1.54) is 15.9 Å².